The van der Waals surface area contributed by atoms with Crippen molar-refractivity contribution in [3.05, 3.63) is 216 Å². The van der Waals surface area contributed by atoms with Gasteiger partial charge in [0.25, 0.3) is 0 Å². The molecular weight excluding hydrogens is 617 g/mol. The first kappa shape index (κ1) is 28.2. The molecule has 2 aromatic heterocycles. The molecule has 0 bridgehead atoms. The number of hydrogen-bond acceptors (Lipinski definition) is 0. The lowest BCUT2D eigenvalue weighted by Gasteiger charge is -2.41. The summed E-state index contributed by atoms with van der Waals surface area (Å²) in [5, 5.41) is 5.07. The molecule has 0 fully saturated rings. The van der Waals surface area contributed by atoms with Crippen LogP contribution in [0.1, 0.15) is 22.3 Å². The summed E-state index contributed by atoms with van der Waals surface area (Å²) in [6.07, 6.45) is 0. The second kappa shape index (κ2) is 10.7. The van der Waals surface area contributed by atoms with E-state index in [0.29, 0.717) is 0 Å². The van der Waals surface area contributed by atoms with E-state index in [1.807, 2.05) is 0 Å². The Hall–Kier alpha value is -6.64. The van der Waals surface area contributed by atoms with Crippen LogP contribution in [-0.2, 0) is 5.41 Å². The number of para-hydroxylation sites is 4. The Morgan fingerprint density at radius 1 is 0.333 bits per heavy atom. The highest BCUT2D eigenvalue weighted by atomic mass is 15.0. The Balaban J connectivity index is 1.18. The summed E-state index contributed by atoms with van der Waals surface area (Å²) in [6, 6.07) is 71.5. The summed E-state index contributed by atoms with van der Waals surface area (Å²) < 4.78 is 4.89. The van der Waals surface area contributed by atoms with Crippen LogP contribution in [0.2, 0.25) is 0 Å². The van der Waals surface area contributed by atoms with E-state index in [0.717, 1.165) is 0 Å². The molecule has 0 saturated heterocycles. The Morgan fingerprint density at radius 2 is 0.843 bits per heavy atom. The first-order valence-corrected chi connectivity index (χ1v) is 17.7. The van der Waals surface area contributed by atoms with Gasteiger partial charge in [0.1, 0.15) is 0 Å². The highest BCUT2D eigenvalue weighted by Gasteiger charge is 2.45. The largest absolute Gasteiger partial charge is 0.309 e. The van der Waals surface area contributed by atoms with Crippen LogP contribution in [0.15, 0.2) is 194 Å². The van der Waals surface area contributed by atoms with Gasteiger partial charge in [-0.1, -0.05) is 146 Å². The molecule has 0 saturated carbocycles. The predicted molar refractivity (Wildman–Crippen MR) is 212 cm³/mol. The minimum absolute atomic E-state index is 0.468. The lowest BCUT2D eigenvalue weighted by atomic mass is 9.63. The third-order valence-corrected chi connectivity index (χ3v) is 11.2. The zero-order valence-electron chi connectivity index (χ0n) is 27.9. The Morgan fingerprint density at radius 3 is 1.55 bits per heavy atom. The maximum absolute atomic E-state index is 2.51. The highest BCUT2D eigenvalue weighted by molar-refractivity contribution is 6.14. The zero-order valence-corrected chi connectivity index (χ0v) is 27.9. The van der Waals surface area contributed by atoms with E-state index < -0.39 is 5.41 Å². The SMILES string of the molecule is c1ccc(-n2c3ccccc3c3cc(-c4ccc5c(c4)c4cccc6c4n5-c4ccccc4C6(c4ccccc4)c4ccccc4)ccc32)cc1. The van der Waals surface area contributed by atoms with Gasteiger partial charge in [0.2, 0.25) is 0 Å². The van der Waals surface area contributed by atoms with Gasteiger partial charge < -0.3 is 9.13 Å². The van der Waals surface area contributed by atoms with Crippen LogP contribution >= 0.6 is 0 Å². The number of nitrogens with zero attached hydrogens (tertiary/aromatic N) is 2. The Bertz CT molecular complexity index is 2910. The summed E-state index contributed by atoms with van der Waals surface area (Å²) >= 11 is 0. The van der Waals surface area contributed by atoms with E-state index in [1.165, 1.54) is 88.4 Å². The van der Waals surface area contributed by atoms with Crippen LogP contribution in [0, 0.1) is 0 Å². The molecule has 11 rings (SSSR count). The molecule has 8 aromatic carbocycles. The lowest BCUT2D eigenvalue weighted by molar-refractivity contribution is 0.728. The van der Waals surface area contributed by atoms with Crippen LogP contribution in [0.5, 0.6) is 0 Å². The predicted octanol–water partition coefficient (Wildman–Crippen LogP) is 12.2. The second-order valence-corrected chi connectivity index (χ2v) is 13.7. The van der Waals surface area contributed by atoms with Crippen LogP contribution in [0.3, 0.4) is 0 Å². The van der Waals surface area contributed by atoms with E-state index in [-0.39, 0.29) is 0 Å². The van der Waals surface area contributed by atoms with Crippen molar-refractivity contribution in [3.63, 3.8) is 0 Å². The van der Waals surface area contributed by atoms with E-state index in [2.05, 4.69) is 203 Å². The first-order valence-electron chi connectivity index (χ1n) is 17.7. The molecule has 1 aliphatic heterocycles. The third-order valence-electron chi connectivity index (χ3n) is 11.2. The van der Waals surface area contributed by atoms with Crippen LogP contribution < -0.4 is 0 Å². The summed E-state index contributed by atoms with van der Waals surface area (Å²) in [5.41, 5.74) is 14.5. The van der Waals surface area contributed by atoms with Crippen molar-refractivity contribution in [3.8, 4) is 22.5 Å². The van der Waals surface area contributed by atoms with Crippen molar-refractivity contribution in [1.82, 2.24) is 9.13 Å². The number of fused-ring (bicyclic) bond motifs is 8. The van der Waals surface area contributed by atoms with Crippen molar-refractivity contribution in [2.24, 2.45) is 0 Å². The standard InChI is InChI=1S/C49H32N2/c1-4-15-35(16-5-1)49(36-17-6-2-7-18-36)42-23-11-13-26-47(42)51-46-30-28-34(32-41(46)39-22-14-24-43(49)48(39)51)33-27-29-45-40(31-33)38-21-10-12-25-44(38)50(45)37-19-8-3-9-20-37/h1-32H. The van der Waals surface area contributed by atoms with Gasteiger partial charge in [-0.25, -0.2) is 0 Å². The molecule has 0 spiro atoms. The fourth-order valence-electron chi connectivity index (χ4n) is 9.10. The lowest BCUT2D eigenvalue weighted by Crippen LogP contribution is -2.35. The molecule has 0 radical (unpaired) electrons. The first-order chi connectivity index (χ1) is 25.3. The summed E-state index contributed by atoms with van der Waals surface area (Å²) in [5.74, 6) is 0. The molecule has 10 aromatic rings. The maximum atomic E-state index is 2.51. The normalized spacial score (nSPS) is 13.3. The molecule has 0 aliphatic carbocycles. The van der Waals surface area contributed by atoms with Crippen molar-refractivity contribution in [1.29, 1.82) is 0 Å². The highest BCUT2D eigenvalue weighted by Crippen LogP contribution is 2.54. The van der Waals surface area contributed by atoms with Gasteiger partial charge in [0, 0.05) is 27.2 Å². The van der Waals surface area contributed by atoms with E-state index >= 15 is 0 Å². The van der Waals surface area contributed by atoms with Crippen molar-refractivity contribution in [2.45, 2.75) is 5.41 Å². The van der Waals surface area contributed by atoms with Crippen LogP contribution in [0.25, 0.3) is 66.1 Å². The van der Waals surface area contributed by atoms with Crippen molar-refractivity contribution < 1.29 is 0 Å². The quantitative estimate of drug-likeness (QED) is 0.180. The van der Waals surface area contributed by atoms with E-state index in [1.54, 1.807) is 0 Å². The number of benzene rings is 8. The third kappa shape index (κ3) is 3.82. The second-order valence-electron chi connectivity index (χ2n) is 13.7. The molecule has 2 nitrogen and oxygen atoms in total. The Kier molecular flexibility index (Phi) is 5.91. The summed E-state index contributed by atoms with van der Waals surface area (Å²) in [6.45, 7) is 0. The summed E-state index contributed by atoms with van der Waals surface area (Å²) in [4.78, 5) is 0. The van der Waals surface area contributed by atoms with Gasteiger partial charge >= 0.3 is 0 Å². The van der Waals surface area contributed by atoms with Gasteiger partial charge in [-0.2, -0.15) is 0 Å². The maximum Gasteiger partial charge on any atom is 0.0742 e. The molecule has 2 heteroatoms. The van der Waals surface area contributed by atoms with Gasteiger partial charge in [0.05, 0.1) is 33.2 Å². The average Bonchev–Trinajstić information content (AvgIpc) is 3.72. The number of rotatable bonds is 4. The Labute approximate surface area is 296 Å². The molecule has 51 heavy (non-hydrogen) atoms. The molecule has 0 amide bonds. The molecule has 1 aliphatic rings. The fourth-order valence-corrected chi connectivity index (χ4v) is 9.10. The van der Waals surface area contributed by atoms with Gasteiger partial charge in [-0.15, -0.1) is 0 Å². The molecular formula is C49H32N2. The van der Waals surface area contributed by atoms with Gasteiger partial charge in [-0.05, 0) is 81.9 Å². The molecule has 238 valence electrons. The number of hydrogen-bond donors (Lipinski definition) is 0. The zero-order chi connectivity index (χ0) is 33.5. The molecule has 0 N–H and O–H groups in total. The van der Waals surface area contributed by atoms with E-state index in [4.69, 9.17) is 0 Å². The summed E-state index contributed by atoms with van der Waals surface area (Å²) in [7, 11) is 0. The van der Waals surface area contributed by atoms with Crippen LogP contribution in [-0.4, -0.2) is 9.13 Å². The monoisotopic (exact) mass is 648 g/mol. The minimum Gasteiger partial charge on any atom is -0.309 e. The topological polar surface area (TPSA) is 9.86 Å². The van der Waals surface area contributed by atoms with Crippen LogP contribution in [0.4, 0.5) is 0 Å². The molecule has 0 unspecified atom stereocenters. The van der Waals surface area contributed by atoms with Gasteiger partial charge in [0.15, 0.2) is 0 Å². The average molecular weight is 649 g/mol. The fraction of sp³-hybridized carbons (Fsp3) is 0.0204. The van der Waals surface area contributed by atoms with Crippen molar-refractivity contribution >= 4 is 43.6 Å². The number of aromatic nitrogens is 2. The minimum atomic E-state index is -0.468. The molecule has 0 atom stereocenters. The smallest absolute Gasteiger partial charge is 0.0742 e. The van der Waals surface area contributed by atoms with E-state index in [9.17, 15) is 0 Å². The van der Waals surface area contributed by atoms with Gasteiger partial charge in [-0.3, -0.25) is 0 Å². The van der Waals surface area contributed by atoms with Crippen molar-refractivity contribution in [2.75, 3.05) is 0 Å². The molecule has 3 heterocycles.